The van der Waals surface area contributed by atoms with Crippen molar-refractivity contribution in [3.63, 3.8) is 0 Å². The highest BCUT2D eigenvalue weighted by atomic mass is 32.2. The fourth-order valence-electron chi connectivity index (χ4n) is 2.85. The average molecular weight is 433 g/mol. The van der Waals surface area contributed by atoms with E-state index in [9.17, 15) is 8.42 Å². The predicted octanol–water partition coefficient (Wildman–Crippen LogP) is 3.41. The topological polar surface area (TPSA) is 100 Å². The van der Waals surface area contributed by atoms with E-state index in [0.717, 1.165) is 28.4 Å². The number of hydrogen-bond donors (Lipinski definition) is 1. The molecule has 3 aromatic rings. The van der Waals surface area contributed by atoms with Crippen LogP contribution in [0.3, 0.4) is 0 Å². The molecule has 1 aromatic heterocycles. The lowest BCUT2D eigenvalue weighted by Crippen LogP contribution is -2.16. The van der Waals surface area contributed by atoms with Gasteiger partial charge in [-0.1, -0.05) is 35.5 Å². The van der Waals surface area contributed by atoms with Gasteiger partial charge in [0.2, 0.25) is 10.0 Å². The highest BCUT2D eigenvalue weighted by Crippen LogP contribution is 2.29. The number of thioether (sulfide) groups is 1. The minimum atomic E-state index is -3.46. The second-order valence-electron chi connectivity index (χ2n) is 6.51. The van der Waals surface area contributed by atoms with Crippen LogP contribution in [0.15, 0.2) is 53.7 Å². The molecule has 7 nitrogen and oxygen atoms in total. The number of ether oxygens (including phenoxy) is 1. The van der Waals surface area contributed by atoms with E-state index in [1.54, 1.807) is 0 Å². The molecule has 0 atom stereocenters. The van der Waals surface area contributed by atoms with Gasteiger partial charge in [0, 0.05) is 17.0 Å². The first-order valence-electron chi connectivity index (χ1n) is 9.26. The molecule has 0 aliphatic carbocycles. The minimum absolute atomic E-state index is 0.0536. The maximum atomic E-state index is 11.2. The molecule has 0 saturated carbocycles. The molecule has 9 heteroatoms. The molecule has 2 N–H and O–H groups in total. The summed E-state index contributed by atoms with van der Waals surface area (Å²) in [5.74, 6) is 2.04. The fourth-order valence-corrected chi connectivity index (χ4v) is 4.47. The van der Waals surface area contributed by atoms with Gasteiger partial charge in [-0.3, -0.25) is 4.57 Å². The molecule has 0 bridgehead atoms. The summed E-state index contributed by atoms with van der Waals surface area (Å²) in [5.41, 5.74) is 3.00. The molecular weight excluding hydrogens is 408 g/mol. The summed E-state index contributed by atoms with van der Waals surface area (Å²) in [6.45, 7) is 4.58. The monoisotopic (exact) mass is 432 g/mol. The first-order valence-corrected chi connectivity index (χ1v) is 12.0. The molecule has 0 aliphatic heterocycles. The van der Waals surface area contributed by atoms with Crippen molar-refractivity contribution in [2.45, 2.75) is 25.4 Å². The van der Waals surface area contributed by atoms with Crippen molar-refractivity contribution in [3.05, 3.63) is 54.1 Å². The van der Waals surface area contributed by atoms with Gasteiger partial charge in [-0.25, -0.2) is 13.6 Å². The van der Waals surface area contributed by atoms with Crippen LogP contribution >= 0.6 is 11.8 Å². The minimum Gasteiger partial charge on any atom is -0.494 e. The van der Waals surface area contributed by atoms with Gasteiger partial charge in [-0.05, 0) is 50.6 Å². The zero-order valence-electron chi connectivity index (χ0n) is 16.4. The van der Waals surface area contributed by atoms with E-state index in [-0.39, 0.29) is 5.75 Å². The maximum Gasteiger partial charge on any atom is 0.209 e. The molecule has 2 aromatic carbocycles. The Bertz CT molecular complexity index is 1060. The molecule has 154 valence electrons. The van der Waals surface area contributed by atoms with Crippen molar-refractivity contribution in [2.75, 3.05) is 18.1 Å². The second kappa shape index (κ2) is 9.43. The van der Waals surface area contributed by atoms with Gasteiger partial charge in [0.1, 0.15) is 5.75 Å². The van der Waals surface area contributed by atoms with E-state index in [0.29, 0.717) is 23.9 Å². The van der Waals surface area contributed by atoms with Crippen LogP contribution < -0.4 is 9.88 Å². The molecule has 0 unspecified atom stereocenters. The van der Waals surface area contributed by atoms with Crippen LogP contribution in [0.2, 0.25) is 0 Å². The standard InChI is InChI=1S/C20H24N4O3S2/c1-3-27-18-10-8-17(9-11-18)24-19(16-7-4-6-15(2)14-16)22-23-20(24)28-12-5-13-29(21,25)26/h4,6-11,14H,3,5,12-13H2,1-2H3,(H2,21,25,26). The van der Waals surface area contributed by atoms with Crippen LogP contribution in [-0.2, 0) is 10.0 Å². The van der Waals surface area contributed by atoms with E-state index in [2.05, 4.69) is 16.3 Å². The molecular formula is C20H24N4O3S2. The number of benzene rings is 2. The highest BCUT2D eigenvalue weighted by molar-refractivity contribution is 7.99. The van der Waals surface area contributed by atoms with Crippen molar-refractivity contribution < 1.29 is 13.2 Å². The summed E-state index contributed by atoms with van der Waals surface area (Å²) in [6, 6.07) is 15.8. The number of hydrogen-bond acceptors (Lipinski definition) is 6. The van der Waals surface area contributed by atoms with Crippen LogP contribution in [0.1, 0.15) is 18.9 Å². The quantitative estimate of drug-likeness (QED) is 0.411. The molecule has 0 amide bonds. The zero-order chi connectivity index (χ0) is 20.9. The van der Waals surface area contributed by atoms with E-state index < -0.39 is 10.0 Å². The Hall–Kier alpha value is -2.36. The summed E-state index contributed by atoms with van der Waals surface area (Å²) >= 11 is 1.45. The summed E-state index contributed by atoms with van der Waals surface area (Å²) in [4.78, 5) is 0. The van der Waals surface area contributed by atoms with E-state index in [4.69, 9.17) is 9.88 Å². The fraction of sp³-hybridized carbons (Fsp3) is 0.300. The van der Waals surface area contributed by atoms with Gasteiger partial charge < -0.3 is 4.74 Å². The molecule has 29 heavy (non-hydrogen) atoms. The first kappa shape index (κ1) is 21.4. The SMILES string of the molecule is CCOc1ccc(-n2c(SCCCS(N)(=O)=O)nnc2-c2cccc(C)c2)cc1. The van der Waals surface area contributed by atoms with Crippen molar-refractivity contribution in [1.82, 2.24) is 14.8 Å². The number of aromatic nitrogens is 3. The molecule has 0 aliphatic rings. The summed E-state index contributed by atoms with van der Waals surface area (Å²) < 4.78 is 29.8. The van der Waals surface area contributed by atoms with E-state index in [1.165, 1.54) is 11.8 Å². The lowest BCUT2D eigenvalue weighted by atomic mass is 10.1. The van der Waals surface area contributed by atoms with Crippen LogP contribution in [-0.4, -0.2) is 41.3 Å². The number of primary sulfonamides is 1. The summed E-state index contributed by atoms with van der Waals surface area (Å²) in [6.07, 6.45) is 0.444. The number of nitrogens with two attached hydrogens (primary N) is 1. The summed E-state index contributed by atoms with van der Waals surface area (Å²) in [5, 5.41) is 14.5. The molecule has 0 radical (unpaired) electrons. The van der Waals surface area contributed by atoms with Gasteiger partial charge in [0.15, 0.2) is 11.0 Å². The Morgan fingerprint density at radius 3 is 2.55 bits per heavy atom. The molecule has 3 rings (SSSR count). The highest BCUT2D eigenvalue weighted by Gasteiger charge is 2.16. The normalized spacial score (nSPS) is 11.6. The lowest BCUT2D eigenvalue weighted by Gasteiger charge is -2.12. The number of sulfonamides is 1. The van der Waals surface area contributed by atoms with Gasteiger partial charge in [0.05, 0.1) is 12.4 Å². The van der Waals surface area contributed by atoms with Crippen LogP contribution in [0, 0.1) is 6.92 Å². The Kier molecular flexibility index (Phi) is 6.94. The van der Waals surface area contributed by atoms with Crippen LogP contribution in [0.4, 0.5) is 0 Å². The molecule has 1 heterocycles. The van der Waals surface area contributed by atoms with E-state index >= 15 is 0 Å². The number of aryl methyl sites for hydroxylation is 1. The molecule has 0 saturated heterocycles. The van der Waals surface area contributed by atoms with Crippen molar-refractivity contribution in [2.24, 2.45) is 5.14 Å². The zero-order valence-corrected chi connectivity index (χ0v) is 18.0. The number of nitrogens with zero attached hydrogens (tertiary/aromatic N) is 3. The van der Waals surface area contributed by atoms with Crippen molar-refractivity contribution >= 4 is 21.8 Å². The Morgan fingerprint density at radius 2 is 1.90 bits per heavy atom. The predicted molar refractivity (Wildman–Crippen MR) is 116 cm³/mol. The van der Waals surface area contributed by atoms with Gasteiger partial charge in [-0.15, -0.1) is 10.2 Å². The summed E-state index contributed by atoms with van der Waals surface area (Å²) in [7, 11) is -3.46. The van der Waals surface area contributed by atoms with Crippen LogP contribution in [0.5, 0.6) is 5.75 Å². The van der Waals surface area contributed by atoms with Crippen LogP contribution in [0.25, 0.3) is 17.1 Å². The Balaban J connectivity index is 1.94. The van der Waals surface area contributed by atoms with Gasteiger partial charge in [0.25, 0.3) is 0 Å². The third-order valence-corrected chi connectivity index (χ3v) is 5.99. The molecule has 0 fully saturated rings. The Morgan fingerprint density at radius 1 is 1.14 bits per heavy atom. The van der Waals surface area contributed by atoms with Gasteiger partial charge >= 0.3 is 0 Å². The van der Waals surface area contributed by atoms with Crippen molar-refractivity contribution in [3.8, 4) is 22.8 Å². The first-order chi connectivity index (χ1) is 13.9. The third kappa shape index (κ3) is 5.81. The van der Waals surface area contributed by atoms with Crippen molar-refractivity contribution in [1.29, 1.82) is 0 Å². The maximum absolute atomic E-state index is 11.2. The largest absolute Gasteiger partial charge is 0.494 e. The van der Waals surface area contributed by atoms with Gasteiger partial charge in [-0.2, -0.15) is 0 Å². The smallest absolute Gasteiger partial charge is 0.209 e. The second-order valence-corrected chi connectivity index (χ2v) is 9.30. The lowest BCUT2D eigenvalue weighted by molar-refractivity contribution is 0.340. The van der Waals surface area contributed by atoms with E-state index in [1.807, 2.05) is 60.9 Å². The Labute approximate surface area is 175 Å². The number of rotatable bonds is 9. The third-order valence-electron chi connectivity index (χ3n) is 4.12. The average Bonchev–Trinajstić information content (AvgIpc) is 3.09. The molecule has 0 spiro atoms.